The fourth-order valence-corrected chi connectivity index (χ4v) is 1.43. The quantitative estimate of drug-likeness (QED) is 0.655. The molecule has 1 rings (SSSR count). The summed E-state index contributed by atoms with van der Waals surface area (Å²) >= 11 is 0. The van der Waals surface area contributed by atoms with Crippen LogP contribution in [0.1, 0.15) is 61.3 Å². The molecule has 1 aliphatic carbocycles. The van der Waals surface area contributed by atoms with Crippen molar-refractivity contribution in [3.63, 3.8) is 0 Å². The number of hydrogen-bond acceptors (Lipinski definition) is 1. The summed E-state index contributed by atoms with van der Waals surface area (Å²) in [5.74, 6) is 0. The van der Waals surface area contributed by atoms with Crippen molar-refractivity contribution in [2.45, 2.75) is 67.3 Å². The van der Waals surface area contributed by atoms with Gasteiger partial charge >= 0.3 is 0 Å². The maximum Gasteiger partial charge on any atom is 0.0297 e. The Kier molecular flexibility index (Phi) is 22.2. The zero-order chi connectivity index (χ0) is 14.3. The molecule has 1 atom stereocenters. The van der Waals surface area contributed by atoms with E-state index in [1.807, 2.05) is 47.6 Å². The van der Waals surface area contributed by atoms with Gasteiger partial charge in [-0.1, -0.05) is 71.9 Å². The molecule has 0 aromatic heterocycles. The predicted molar refractivity (Wildman–Crippen MR) is 83.3 cm³/mol. The molecule has 1 aliphatic rings. The molecular formula is C16H33N. The predicted octanol–water partition coefficient (Wildman–Crippen LogP) is 5.24. The number of hydrogen-bond donors (Lipinski definition) is 1. The van der Waals surface area contributed by atoms with Gasteiger partial charge in [-0.3, -0.25) is 0 Å². The van der Waals surface area contributed by atoms with Crippen LogP contribution in [0.5, 0.6) is 0 Å². The second-order valence-corrected chi connectivity index (χ2v) is 2.98. The van der Waals surface area contributed by atoms with Gasteiger partial charge in [-0.2, -0.15) is 0 Å². The molecule has 0 aromatic carbocycles. The molecule has 0 spiro atoms. The lowest BCUT2D eigenvalue weighted by Gasteiger charge is -2.03. The lowest BCUT2D eigenvalue weighted by Crippen LogP contribution is -2.17. The minimum Gasteiger partial charge on any atom is -0.324 e. The molecule has 0 fully saturated rings. The molecule has 0 radical (unpaired) electrons. The molecule has 1 unspecified atom stereocenters. The van der Waals surface area contributed by atoms with Gasteiger partial charge in [-0.25, -0.2) is 0 Å². The van der Waals surface area contributed by atoms with E-state index < -0.39 is 0 Å². The van der Waals surface area contributed by atoms with Gasteiger partial charge in [0.25, 0.3) is 0 Å². The van der Waals surface area contributed by atoms with Gasteiger partial charge in [0.2, 0.25) is 0 Å². The number of allylic oxidation sites excluding steroid dienone is 3. The first-order valence-corrected chi connectivity index (χ1v) is 7.00. The molecule has 1 heteroatoms. The van der Waals surface area contributed by atoms with Gasteiger partial charge in [-0.05, 0) is 25.3 Å². The van der Waals surface area contributed by atoms with E-state index in [0.29, 0.717) is 0 Å². The van der Waals surface area contributed by atoms with Crippen molar-refractivity contribution in [3.05, 3.63) is 36.0 Å². The highest BCUT2D eigenvalue weighted by Gasteiger charge is 2.16. The standard InChI is InChI=1S/C10H15N.3C2H6/c1-3-4-5-9-8(2)6-7-10(9)11;3*1-2/h3-5,10H,1,6-7,11H2,2H3;3*1-2H3/b5-4-;;;. The van der Waals surface area contributed by atoms with E-state index >= 15 is 0 Å². The SMILES string of the molecule is C=C/C=C\C1=C(C)CCC1N.CC.CC.CC. The van der Waals surface area contributed by atoms with E-state index in [9.17, 15) is 0 Å². The summed E-state index contributed by atoms with van der Waals surface area (Å²) in [6.07, 6.45) is 8.05. The molecule has 0 heterocycles. The Morgan fingerprint density at radius 3 is 1.88 bits per heavy atom. The third-order valence-electron chi connectivity index (χ3n) is 2.13. The fourth-order valence-electron chi connectivity index (χ4n) is 1.43. The van der Waals surface area contributed by atoms with Crippen LogP contribution in [-0.2, 0) is 0 Å². The van der Waals surface area contributed by atoms with Gasteiger partial charge in [0, 0.05) is 6.04 Å². The zero-order valence-corrected chi connectivity index (χ0v) is 13.0. The summed E-state index contributed by atoms with van der Waals surface area (Å²) in [6.45, 7) is 17.8. The monoisotopic (exact) mass is 239 g/mol. The molecule has 0 aliphatic heterocycles. The first-order valence-electron chi connectivity index (χ1n) is 7.00. The largest absolute Gasteiger partial charge is 0.324 e. The van der Waals surface area contributed by atoms with E-state index in [1.165, 1.54) is 11.1 Å². The van der Waals surface area contributed by atoms with Crippen LogP contribution in [0, 0.1) is 0 Å². The highest BCUT2D eigenvalue weighted by Crippen LogP contribution is 2.25. The van der Waals surface area contributed by atoms with Crippen molar-refractivity contribution in [2.75, 3.05) is 0 Å². The van der Waals surface area contributed by atoms with Crippen LogP contribution >= 0.6 is 0 Å². The van der Waals surface area contributed by atoms with E-state index in [2.05, 4.69) is 19.6 Å². The summed E-state index contributed by atoms with van der Waals surface area (Å²) < 4.78 is 0. The molecule has 17 heavy (non-hydrogen) atoms. The maximum atomic E-state index is 5.87. The lowest BCUT2D eigenvalue weighted by molar-refractivity contribution is 0.759. The average Bonchev–Trinajstić information content (AvgIpc) is 2.74. The van der Waals surface area contributed by atoms with Crippen LogP contribution < -0.4 is 5.73 Å². The second kappa shape index (κ2) is 17.6. The van der Waals surface area contributed by atoms with Gasteiger partial charge in [-0.15, -0.1) is 0 Å². The lowest BCUT2D eigenvalue weighted by atomic mass is 10.1. The topological polar surface area (TPSA) is 26.0 Å². The summed E-state index contributed by atoms with van der Waals surface area (Å²) in [7, 11) is 0. The minimum atomic E-state index is 0.256. The molecule has 2 N–H and O–H groups in total. The molecule has 1 nitrogen and oxygen atoms in total. The Morgan fingerprint density at radius 2 is 1.59 bits per heavy atom. The van der Waals surface area contributed by atoms with Crippen molar-refractivity contribution in [1.82, 2.24) is 0 Å². The molecule has 0 bridgehead atoms. The van der Waals surface area contributed by atoms with Crippen LogP contribution in [0.2, 0.25) is 0 Å². The molecule has 102 valence electrons. The Morgan fingerprint density at radius 1 is 1.12 bits per heavy atom. The Balaban J connectivity index is -0.000000285. The van der Waals surface area contributed by atoms with Crippen LogP contribution in [-0.4, -0.2) is 6.04 Å². The van der Waals surface area contributed by atoms with Crippen LogP contribution in [0.3, 0.4) is 0 Å². The first kappa shape index (κ1) is 21.5. The van der Waals surface area contributed by atoms with Crippen LogP contribution in [0.25, 0.3) is 0 Å². The highest BCUT2D eigenvalue weighted by atomic mass is 14.6. The van der Waals surface area contributed by atoms with Crippen LogP contribution in [0.4, 0.5) is 0 Å². The van der Waals surface area contributed by atoms with Gasteiger partial charge in [0.15, 0.2) is 0 Å². The summed E-state index contributed by atoms with van der Waals surface area (Å²) in [5.41, 5.74) is 8.59. The summed E-state index contributed by atoms with van der Waals surface area (Å²) in [6, 6.07) is 0.256. The maximum absolute atomic E-state index is 5.87. The first-order chi connectivity index (χ1) is 8.25. The Labute approximate surface area is 109 Å². The Hall–Kier alpha value is -0.820. The van der Waals surface area contributed by atoms with Crippen LogP contribution in [0.15, 0.2) is 36.0 Å². The van der Waals surface area contributed by atoms with E-state index in [0.717, 1.165) is 12.8 Å². The third kappa shape index (κ3) is 10.1. The fraction of sp³-hybridized carbons (Fsp3) is 0.625. The average molecular weight is 239 g/mol. The van der Waals surface area contributed by atoms with Crippen molar-refractivity contribution in [1.29, 1.82) is 0 Å². The normalized spacial score (nSPS) is 17.3. The third-order valence-corrected chi connectivity index (χ3v) is 2.13. The van der Waals surface area contributed by atoms with Crippen molar-refractivity contribution >= 4 is 0 Å². The molecule has 0 saturated heterocycles. The van der Waals surface area contributed by atoms with E-state index in [1.54, 1.807) is 6.08 Å². The van der Waals surface area contributed by atoms with Gasteiger partial charge < -0.3 is 5.73 Å². The van der Waals surface area contributed by atoms with Gasteiger partial charge in [0.05, 0.1) is 0 Å². The highest BCUT2D eigenvalue weighted by molar-refractivity contribution is 5.34. The summed E-state index contributed by atoms with van der Waals surface area (Å²) in [4.78, 5) is 0. The second-order valence-electron chi connectivity index (χ2n) is 2.98. The number of nitrogens with two attached hydrogens (primary N) is 1. The Bertz CT molecular complexity index is 212. The molecular weight excluding hydrogens is 206 g/mol. The van der Waals surface area contributed by atoms with Gasteiger partial charge in [0.1, 0.15) is 0 Å². The number of rotatable bonds is 2. The molecule has 0 aromatic rings. The van der Waals surface area contributed by atoms with E-state index in [-0.39, 0.29) is 6.04 Å². The minimum absolute atomic E-state index is 0.256. The summed E-state index contributed by atoms with van der Waals surface area (Å²) in [5, 5.41) is 0. The van der Waals surface area contributed by atoms with Crippen molar-refractivity contribution < 1.29 is 0 Å². The van der Waals surface area contributed by atoms with Crippen molar-refractivity contribution in [3.8, 4) is 0 Å². The zero-order valence-electron chi connectivity index (χ0n) is 13.0. The molecule has 0 saturated carbocycles. The molecule has 0 amide bonds. The van der Waals surface area contributed by atoms with E-state index in [4.69, 9.17) is 5.73 Å². The van der Waals surface area contributed by atoms with Crippen molar-refractivity contribution in [2.24, 2.45) is 5.73 Å². The smallest absolute Gasteiger partial charge is 0.0297 e.